The number of hydrogen-bond acceptors (Lipinski definition) is 4. The van der Waals surface area contributed by atoms with Crippen molar-refractivity contribution in [2.75, 3.05) is 10.5 Å². The van der Waals surface area contributed by atoms with Gasteiger partial charge in [0.15, 0.2) is 0 Å². The van der Waals surface area contributed by atoms with Crippen molar-refractivity contribution in [3.8, 4) is 5.75 Å². The molecular formula is C12H12N2O3S. The quantitative estimate of drug-likeness (QED) is 0.737. The smallest absolute Gasteiger partial charge is 0.261 e. The van der Waals surface area contributed by atoms with Crippen molar-refractivity contribution in [2.45, 2.75) is 4.90 Å². The van der Waals surface area contributed by atoms with Gasteiger partial charge in [-0.1, -0.05) is 12.1 Å². The number of benzene rings is 2. The molecule has 0 atom stereocenters. The lowest BCUT2D eigenvalue weighted by Gasteiger charge is -2.08. The SMILES string of the molecule is Nc1cccc(S(=O)(=O)Nc2cccc(O)c2)c1. The Bertz CT molecular complexity index is 669. The van der Waals surface area contributed by atoms with Gasteiger partial charge in [-0.15, -0.1) is 0 Å². The Hall–Kier alpha value is -2.21. The molecule has 5 nitrogen and oxygen atoms in total. The number of nitrogens with two attached hydrogens (primary N) is 1. The van der Waals surface area contributed by atoms with E-state index in [2.05, 4.69) is 4.72 Å². The Morgan fingerprint density at radius 1 is 1.06 bits per heavy atom. The topological polar surface area (TPSA) is 92.4 Å². The number of anilines is 2. The van der Waals surface area contributed by atoms with E-state index in [9.17, 15) is 13.5 Å². The van der Waals surface area contributed by atoms with Crippen LogP contribution in [-0.4, -0.2) is 13.5 Å². The number of nitrogen functional groups attached to an aromatic ring is 1. The van der Waals surface area contributed by atoms with E-state index in [1.807, 2.05) is 0 Å². The van der Waals surface area contributed by atoms with Crippen LogP contribution in [0.5, 0.6) is 5.75 Å². The molecule has 0 aliphatic carbocycles. The van der Waals surface area contributed by atoms with Crippen molar-refractivity contribution in [3.63, 3.8) is 0 Å². The Labute approximate surface area is 105 Å². The van der Waals surface area contributed by atoms with E-state index in [1.165, 1.54) is 24.3 Å². The second kappa shape index (κ2) is 4.58. The average Bonchev–Trinajstić information content (AvgIpc) is 2.28. The third-order valence-electron chi connectivity index (χ3n) is 2.27. The highest BCUT2D eigenvalue weighted by molar-refractivity contribution is 7.92. The molecule has 6 heteroatoms. The third kappa shape index (κ3) is 2.72. The molecule has 18 heavy (non-hydrogen) atoms. The van der Waals surface area contributed by atoms with Gasteiger partial charge in [0.2, 0.25) is 0 Å². The molecule has 0 unspecified atom stereocenters. The molecule has 4 N–H and O–H groups in total. The lowest BCUT2D eigenvalue weighted by Crippen LogP contribution is -2.13. The van der Waals surface area contributed by atoms with Crippen LogP contribution >= 0.6 is 0 Å². The fraction of sp³-hybridized carbons (Fsp3) is 0. The summed E-state index contributed by atoms with van der Waals surface area (Å²) in [6.45, 7) is 0. The summed E-state index contributed by atoms with van der Waals surface area (Å²) < 4.78 is 26.4. The van der Waals surface area contributed by atoms with Crippen molar-refractivity contribution in [2.24, 2.45) is 0 Å². The molecule has 0 aliphatic rings. The van der Waals surface area contributed by atoms with E-state index in [1.54, 1.807) is 24.3 Å². The van der Waals surface area contributed by atoms with Crippen molar-refractivity contribution in [1.29, 1.82) is 0 Å². The highest BCUT2D eigenvalue weighted by Gasteiger charge is 2.14. The van der Waals surface area contributed by atoms with E-state index in [-0.39, 0.29) is 16.3 Å². The maximum atomic E-state index is 12.0. The Kier molecular flexibility index (Phi) is 3.12. The van der Waals surface area contributed by atoms with E-state index in [4.69, 9.17) is 5.73 Å². The molecule has 94 valence electrons. The zero-order chi connectivity index (χ0) is 13.2. The van der Waals surface area contributed by atoms with Crippen LogP contribution in [0.2, 0.25) is 0 Å². The highest BCUT2D eigenvalue weighted by atomic mass is 32.2. The van der Waals surface area contributed by atoms with Gasteiger partial charge in [-0.3, -0.25) is 4.72 Å². The van der Waals surface area contributed by atoms with Crippen LogP contribution in [0.1, 0.15) is 0 Å². The summed E-state index contributed by atoms with van der Waals surface area (Å²) in [5.74, 6) is -0.0113. The molecule has 0 fully saturated rings. The van der Waals surface area contributed by atoms with Crippen molar-refractivity contribution in [1.82, 2.24) is 0 Å². The molecule has 0 spiro atoms. The number of phenolic OH excluding ortho intramolecular Hbond substituents is 1. The first-order valence-electron chi connectivity index (χ1n) is 5.15. The molecule has 0 radical (unpaired) electrons. The highest BCUT2D eigenvalue weighted by Crippen LogP contribution is 2.20. The largest absolute Gasteiger partial charge is 0.508 e. The van der Waals surface area contributed by atoms with E-state index >= 15 is 0 Å². The summed E-state index contributed by atoms with van der Waals surface area (Å²) in [5.41, 5.74) is 6.20. The van der Waals surface area contributed by atoms with Crippen LogP contribution in [0.3, 0.4) is 0 Å². The third-order valence-corrected chi connectivity index (χ3v) is 3.65. The lowest BCUT2D eigenvalue weighted by molar-refractivity contribution is 0.475. The summed E-state index contributed by atoms with van der Waals surface area (Å²) in [4.78, 5) is 0.0749. The molecular weight excluding hydrogens is 252 g/mol. The average molecular weight is 264 g/mol. The van der Waals surface area contributed by atoms with Crippen LogP contribution in [0.25, 0.3) is 0 Å². The number of hydrogen-bond donors (Lipinski definition) is 3. The summed E-state index contributed by atoms with van der Waals surface area (Å²) in [6.07, 6.45) is 0. The van der Waals surface area contributed by atoms with Gasteiger partial charge >= 0.3 is 0 Å². The zero-order valence-corrected chi connectivity index (χ0v) is 10.2. The zero-order valence-electron chi connectivity index (χ0n) is 9.37. The van der Waals surface area contributed by atoms with Crippen LogP contribution in [-0.2, 0) is 10.0 Å². The molecule has 2 aromatic rings. The number of sulfonamides is 1. The molecule has 0 saturated heterocycles. The van der Waals surface area contributed by atoms with E-state index in [0.717, 1.165) is 0 Å². The predicted molar refractivity (Wildman–Crippen MR) is 69.8 cm³/mol. The molecule has 0 amide bonds. The summed E-state index contributed by atoms with van der Waals surface area (Å²) in [6, 6.07) is 11.9. The number of rotatable bonds is 3. The minimum atomic E-state index is -3.69. The van der Waals surface area contributed by atoms with Gasteiger partial charge in [-0.2, -0.15) is 0 Å². The maximum absolute atomic E-state index is 12.0. The molecule has 0 bridgehead atoms. The van der Waals surface area contributed by atoms with Gasteiger partial charge in [-0.05, 0) is 30.3 Å². The minimum Gasteiger partial charge on any atom is -0.508 e. The van der Waals surface area contributed by atoms with Crippen LogP contribution in [0.4, 0.5) is 11.4 Å². The van der Waals surface area contributed by atoms with Crippen molar-refractivity contribution < 1.29 is 13.5 Å². The van der Waals surface area contributed by atoms with Crippen LogP contribution in [0.15, 0.2) is 53.4 Å². The standard InChI is InChI=1S/C12H12N2O3S/c13-9-3-1-6-12(7-9)18(16,17)14-10-4-2-5-11(15)8-10/h1-8,14-15H,13H2. The van der Waals surface area contributed by atoms with Crippen LogP contribution < -0.4 is 10.5 Å². The molecule has 0 aromatic heterocycles. The Morgan fingerprint density at radius 3 is 2.44 bits per heavy atom. The first kappa shape index (κ1) is 12.3. The Balaban J connectivity index is 2.33. The summed E-state index contributed by atoms with van der Waals surface area (Å²) in [7, 11) is -3.69. The second-order valence-corrected chi connectivity index (χ2v) is 5.41. The molecule has 2 rings (SSSR count). The molecule has 0 heterocycles. The lowest BCUT2D eigenvalue weighted by atomic mass is 10.3. The van der Waals surface area contributed by atoms with Gasteiger partial charge in [0.25, 0.3) is 10.0 Å². The summed E-state index contributed by atoms with van der Waals surface area (Å²) >= 11 is 0. The molecule has 0 aliphatic heterocycles. The second-order valence-electron chi connectivity index (χ2n) is 3.73. The van der Waals surface area contributed by atoms with Crippen molar-refractivity contribution in [3.05, 3.63) is 48.5 Å². The first-order valence-corrected chi connectivity index (χ1v) is 6.63. The number of aromatic hydroxyl groups is 1. The monoisotopic (exact) mass is 264 g/mol. The predicted octanol–water partition coefficient (Wildman–Crippen LogP) is 1.78. The van der Waals surface area contributed by atoms with E-state index in [0.29, 0.717) is 5.69 Å². The normalized spacial score (nSPS) is 11.1. The van der Waals surface area contributed by atoms with E-state index < -0.39 is 10.0 Å². The molecule has 0 saturated carbocycles. The van der Waals surface area contributed by atoms with Crippen LogP contribution in [0, 0.1) is 0 Å². The van der Waals surface area contributed by atoms with Gasteiger partial charge in [0.1, 0.15) is 5.75 Å². The van der Waals surface area contributed by atoms with Gasteiger partial charge < -0.3 is 10.8 Å². The number of nitrogens with one attached hydrogen (secondary N) is 1. The van der Waals surface area contributed by atoms with Gasteiger partial charge in [-0.25, -0.2) is 8.42 Å². The van der Waals surface area contributed by atoms with Gasteiger partial charge in [0.05, 0.1) is 10.6 Å². The first-order chi connectivity index (χ1) is 8.47. The minimum absolute atomic E-state index is 0.0113. The summed E-state index contributed by atoms with van der Waals surface area (Å²) in [5, 5.41) is 9.27. The Morgan fingerprint density at radius 2 is 1.78 bits per heavy atom. The van der Waals surface area contributed by atoms with Crippen molar-refractivity contribution >= 4 is 21.4 Å². The maximum Gasteiger partial charge on any atom is 0.261 e. The number of phenols is 1. The molecule has 2 aromatic carbocycles. The fourth-order valence-electron chi connectivity index (χ4n) is 1.47. The fourth-order valence-corrected chi connectivity index (χ4v) is 2.57. The van der Waals surface area contributed by atoms with Gasteiger partial charge in [0, 0.05) is 11.8 Å².